The van der Waals surface area contributed by atoms with E-state index in [0.717, 1.165) is 44.9 Å². The Hall–Kier alpha value is -1.84. The summed E-state index contributed by atoms with van der Waals surface area (Å²) in [6.45, 7) is 3.84. The molecule has 1 aliphatic rings. The van der Waals surface area contributed by atoms with Gasteiger partial charge in [-0.25, -0.2) is 17.6 Å². The van der Waals surface area contributed by atoms with Crippen molar-refractivity contribution in [2.75, 3.05) is 0 Å². The molecular weight excluding hydrogens is 388 g/mol. The van der Waals surface area contributed by atoms with Gasteiger partial charge in [-0.3, -0.25) is 0 Å². The number of benzene rings is 2. The van der Waals surface area contributed by atoms with Crippen molar-refractivity contribution in [2.24, 2.45) is 5.92 Å². The molecule has 0 nitrogen and oxygen atoms in total. The van der Waals surface area contributed by atoms with Crippen molar-refractivity contribution >= 4 is 0 Å². The number of aryl methyl sites for hydroxylation is 3. The quantitative estimate of drug-likeness (QED) is 0.379. The maximum atomic E-state index is 14.6. The molecule has 0 bridgehead atoms. The second-order valence-corrected chi connectivity index (χ2v) is 8.67. The third-order valence-electron chi connectivity index (χ3n) is 6.72. The summed E-state index contributed by atoms with van der Waals surface area (Å²) in [6, 6.07) is 6.88. The van der Waals surface area contributed by atoms with Crippen LogP contribution in [0.3, 0.4) is 0 Å². The first-order chi connectivity index (χ1) is 14.5. The summed E-state index contributed by atoms with van der Waals surface area (Å²) in [7, 11) is 0. The first kappa shape index (κ1) is 22.8. The molecule has 30 heavy (non-hydrogen) atoms. The molecule has 0 atom stereocenters. The normalized spacial score (nSPS) is 19.3. The predicted octanol–water partition coefficient (Wildman–Crippen LogP) is 8.05. The second-order valence-electron chi connectivity index (χ2n) is 8.67. The molecular formula is C26H32F4. The molecule has 4 heteroatoms. The van der Waals surface area contributed by atoms with E-state index in [9.17, 15) is 17.6 Å². The van der Waals surface area contributed by atoms with Crippen LogP contribution in [0.1, 0.15) is 87.0 Å². The van der Waals surface area contributed by atoms with Crippen LogP contribution in [0.15, 0.2) is 24.3 Å². The highest BCUT2D eigenvalue weighted by Gasteiger charge is 2.26. The molecule has 0 unspecified atom stereocenters. The monoisotopic (exact) mass is 420 g/mol. The molecule has 164 valence electrons. The summed E-state index contributed by atoms with van der Waals surface area (Å²) in [4.78, 5) is 0. The lowest BCUT2D eigenvalue weighted by Crippen LogP contribution is -2.16. The fraction of sp³-hybridized carbons (Fsp3) is 0.538. The zero-order chi connectivity index (χ0) is 21.7. The molecule has 1 aliphatic carbocycles. The summed E-state index contributed by atoms with van der Waals surface area (Å²) in [6.07, 6.45) is 7.58. The van der Waals surface area contributed by atoms with Crippen LogP contribution in [0, 0.1) is 29.2 Å². The van der Waals surface area contributed by atoms with Crippen LogP contribution in [0.5, 0.6) is 0 Å². The first-order valence-corrected chi connectivity index (χ1v) is 11.4. The van der Waals surface area contributed by atoms with Gasteiger partial charge in [-0.15, -0.1) is 0 Å². The Labute approximate surface area is 177 Å². The van der Waals surface area contributed by atoms with Gasteiger partial charge in [0.25, 0.3) is 0 Å². The maximum Gasteiger partial charge on any atom is 0.162 e. The van der Waals surface area contributed by atoms with E-state index in [1.54, 1.807) is 24.3 Å². The SMILES string of the molecule is CCCCc1ccc(C2CCC(CCc3ccc(CC)c(F)c3F)CC2)c(F)c1F. The van der Waals surface area contributed by atoms with Crippen molar-refractivity contribution in [3.8, 4) is 0 Å². The zero-order valence-electron chi connectivity index (χ0n) is 18.0. The van der Waals surface area contributed by atoms with Crippen LogP contribution in [0.2, 0.25) is 0 Å². The van der Waals surface area contributed by atoms with Gasteiger partial charge in [-0.1, -0.05) is 44.5 Å². The van der Waals surface area contributed by atoms with E-state index < -0.39 is 23.3 Å². The minimum absolute atomic E-state index is 0.0361. The maximum absolute atomic E-state index is 14.6. The largest absolute Gasteiger partial charge is 0.203 e. The first-order valence-electron chi connectivity index (χ1n) is 11.4. The molecule has 1 saturated carbocycles. The molecule has 3 rings (SSSR count). The van der Waals surface area contributed by atoms with Crippen LogP contribution < -0.4 is 0 Å². The molecule has 0 spiro atoms. The Morgan fingerprint density at radius 3 is 1.93 bits per heavy atom. The van der Waals surface area contributed by atoms with Crippen LogP contribution in [0.4, 0.5) is 17.6 Å². The third-order valence-corrected chi connectivity index (χ3v) is 6.72. The van der Waals surface area contributed by atoms with Gasteiger partial charge >= 0.3 is 0 Å². The Morgan fingerprint density at radius 1 is 0.700 bits per heavy atom. The molecule has 2 aromatic carbocycles. The van der Waals surface area contributed by atoms with Crippen molar-refractivity contribution < 1.29 is 17.6 Å². The Kier molecular flexibility index (Phi) is 7.96. The minimum Gasteiger partial charge on any atom is -0.203 e. The topological polar surface area (TPSA) is 0 Å². The molecule has 0 saturated heterocycles. The highest BCUT2D eigenvalue weighted by atomic mass is 19.2. The second kappa shape index (κ2) is 10.5. The smallest absolute Gasteiger partial charge is 0.162 e. The minimum atomic E-state index is -0.724. The summed E-state index contributed by atoms with van der Waals surface area (Å²) in [5.41, 5.74) is 1.80. The summed E-state index contributed by atoms with van der Waals surface area (Å²) in [5.74, 6) is -2.36. The van der Waals surface area contributed by atoms with E-state index in [1.807, 2.05) is 13.8 Å². The highest BCUT2D eigenvalue weighted by molar-refractivity contribution is 5.30. The number of unbranched alkanes of at least 4 members (excludes halogenated alkanes) is 1. The van der Waals surface area contributed by atoms with Gasteiger partial charge in [0.05, 0.1) is 0 Å². The van der Waals surface area contributed by atoms with Gasteiger partial charge in [0.15, 0.2) is 23.3 Å². The van der Waals surface area contributed by atoms with Crippen molar-refractivity contribution in [3.05, 3.63) is 69.8 Å². The summed E-state index contributed by atoms with van der Waals surface area (Å²) in [5, 5.41) is 0. The van der Waals surface area contributed by atoms with Crippen molar-refractivity contribution in [1.82, 2.24) is 0 Å². The molecule has 0 aromatic heterocycles. The van der Waals surface area contributed by atoms with Crippen LogP contribution in [-0.4, -0.2) is 0 Å². The average Bonchev–Trinajstić information content (AvgIpc) is 2.76. The van der Waals surface area contributed by atoms with Crippen LogP contribution in [-0.2, 0) is 19.3 Å². The summed E-state index contributed by atoms with van der Waals surface area (Å²) >= 11 is 0. The molecule has 0 heterocycles. The fourth-order valence-corrected chi connectivity index (χ4v) is 4.70. The Balaban J connectivity index is 1.57. The lowest BCUT2D eigenvalue weighted by molar-refractivity contribution is 0.303. The standard InChI is InChI=1S/C26H32F4/c1-3-5-6-20-15-16-22(26(30)25(20)29)19-10-7-17(8-11-19)9-12-21-14-13-18(4-2)23(27)24(21)28/h13-17,19H,3-12H2,1-2H3. The van der Waals surface area contributed by atoms with Gasteiger partial charge in [0, 0.05) is 0 Å². The average molecular weight is 421 g/mol. The van der Waals surface area contributed by atoms with E-state index in [-0.39, 0.29) is 5.92 Å². The number of hydrogen-bond donors (Lipinski definition) is 0. The predicted molar refractivity (Wildman–Crippen MR) is 114 cm³/mol. The number of rotatable bonds is 8. The van der Waals surface area contributed by atoms with Gasteiger partial charge in [-0.2, -0.15) is 0 Å². The molecule has 0 N–H and O–H groups in total. The lowest BCUT2D eigenvalue weighted by Gasteiger charge is -2.29. The molecule has 0 aliphatic heterocycles. The molecule has 1 fully saturated rings. The fourth-order valence-electron chi connectivity index (χ4n) is 4.70. The highest BCUT2D eigenvalue weighted by Crippen LogP contribution is 2.39. The Bertz CT molecular complexity index is 851. The van der Waals surface area contributed by atoms with Crippen molar-refractivity contribution in [1.29, 1.82) is 0 Å². The van der Waals surface area contributed by atoms with Crippen molar-refractivity contribution in [2.45, 2.75) is 84.0 Å². The molecule has 0 radical (unpaired) electrons. The number of halogens is 4. The van der Waals surface area contributed by atoms with E-state index in [1.165, 1.54) is 0 Å². The number of hydrogen-bond acceptors (Lipinski definition) is 0. The van der Waals surface area contributed by atoms with Crippen LogP contribution >= 0.6 is 0 Å². The van der Waals surface area contributed by atoms with E-state index in [0.29, 0.717) is 47.4 Å². The summed E-state index contributed by atoms with van der Waals surface area (Å²) < 4.78 is 57.3. The van der Waals surface area contributed by atoms with Gasteiger partial charge in [0.1, 0.15) is 0 Å². The Morgan fingerprint density at radius 2 is 1.27 bits per heavy atom. The van der Waals surface area contributed by atoms with Gasteiger partial charge < -0.3 is 0 Å². The van der Waals surface area contributed by atoms with E-state index in [2.05, 4.69) is 0 Å². The zero-order valence-corrected chi connectivity index (χ0v) is 18.0. The molecule has 2 aromatic rings. The van der Waals surface area contributed by atoms with E-state index in [4.69, 9.17) is 0 Å². The van der Waals surface area contributed by atoms with E-state index >= 15 is 0 Å². The lowest BCUT2D eigenvalue weighted by atomic mass is 9.76. The van der Waals surface area contributed by atoms with Crippen LogP contribution in [0.25, 0.3) is 0 Å². The van der Waals surface area contributed by atoms with Gasteiger partial charge in [-0.05, 0) is 91.9 Å². The van der Waals surface area contributed by atoms with Gasteiger partial charge in [0.2, 0.25) is 0 Å². The molecule has 0 amide bonds. The third kappa shape index (κ3) is 5.07. The van der Waals surface area contributed by atoms with Crippen molar-refractivity contribution in [3.63, 3.8) is 0 Å².